The number of hydrogen-bond acceptors (Lipinski definition) is 3. The SMILES string of the molecule is CCN(CC)C(=O)C[NH+](C)CC(=O)Nc1ccc(OC)cc1. The maximum atomic E-state index is 12.0. The molecule has 1 atom stereocenters. The van der Waals surface area contributed by atoms with Crippen molar-refractivity contribution in [2.24, 2.45) is 0 Å². The Kier molecular flexibility index (Phi) is 7.39. The first-order valence-electron chi connectivity index (χ1n) is 7.53. The highest BCUT2D eigenvalue weighted by atomic mass is 16.5. The van der Waals surface area contributed by atoms with Gasteiger partial charge in [-0.3, -0.25) is 9.59 Å². The van der Waals surface area contributed by atoms with Crippen LogP contribution in [-0.2, 0) is 9.59 Å². The molecule has 2 amide bonds. The van der Waals surface area contributed by atoms with Gasteiger partial charge in [0.2, 0.25) is 0 Å². The zero-order valence-electron chi connectivity index (χ0n) is 13.8. The summed E-state index contributed by atoms with van der Waals surface area (Å²) in [5.41, 5.74) is 0.716. The van der Waals surface area contributed by atoms with Gasteiger partial charge in [0.05, 0.1) is 14.2 Å². The fourth-order valence-corrected chi connectivity index (χ4v) is 2.16. The topological polar surface area (TPSA) is 63.1 Å². The molecule has 0 bridgehead atoms. The van der Waals surface area contributed by atoms with Crippen molar-refractivity contribution >= 4 is 17.5 Å². The molecule has 0 aliphatic rings. The molecule has 0 aromatic heterocycles. The molecule has 0 radical (unpaired) electrons. The lowest BCUT2D eigenvalue weighted by atomic mass is 10.3. The first kappa shape index (κ1) is 18.0. The number of rotatable bonds is 8. The van der Waals surface area contributed by atoms with Crippen molar-refractivity contribution in [2.75, 3.05) is 45.7 Å². The molecule has 122 valence electrons. The number of benzene rings is 1. The third-order valence-electron chi connectivity index (χ3n) is 3.41. The summed E-state index contributed by atoms with van der Waals surface area (Å²) < 4.78 is 5.07. The summed E-state index contributed by atoms with van der Waals surface area (Å²) in [5.74, 6) is 0.695. The first-order chi connectivity index (χ1) is 10.5. The lowest BCUT2D eigenvalue weighted by Crippen LogP contribution is -3.11. The normalized spacial score (nSPS) is 11.6. The lowest BCUT2D eigenvalue weighted by Gasteiger charge is -2.20. The number of nitrogens with one attached hydrogen (secondary N) is 2. The van der Waals surface area contributed by atoms with Crippen molar-refractivity contribution in [3.8, 4) is 5.75 Å². The van der Waals surface area contributed by atoms with Crippen molar-refractivity contribution in [1.29, 1.82) is 0 Å². The monoisotopic (exact) mass is 308 g/mol. The van der Waals surface area contributed by atoms with Gasteiger partial charge in [0.25, 0.3) is 11.8 Å². The molecule has 1 aromatic rings. The second-order valence-electron chi connectivity index (χ2n) is 5.15. The van der Waals surface area contributed by atoms with Crippen LogP contribution in [0.2, 0.25) is 0 Å². The summed E-state index contributed by atoms with van der Waals surface area (Å²) in [6.45, 7) is 5.86. The minimum absolute atomic E-state index is 0.0692. The van der Waals surface area contributed by atoms with E-state index in [-0.39, 0.29) is 18.4 Å². The zero-order chi connectivity index (χ0) is 16.5. The largest absolute Gasteiger partial charge is 0.497 e. The van der Waals surface area contributed by atoms with Crippen LogP contribution in [0.15, 0.2) is 24.3 Å². The molecule has 1 aromatic carbocycles. The number of quaternary nitrogens is 1. The molecule has 22 heavy (non-hydrogen) atoms. The van der Waals surface area contributed by atoms with Crippen molar-refractivity contribution in [3.05, 3.63) is 24.3 Å². The minimum Gasteiger partial charge on any atom is -0.497 e. The predicted octanol–water partition coefficient (Wildman–Crippen LogP) is 0.0168. The fraction of sp³-hybridized carbons (Fsp3) is 0.500. The van der Waals surface area contributed by atoms with E-state index in [0.29, 0.717) is 25.3 Å². The Morgan fingerprint density at radius 1 is 1.14 bits per heavy atom. The fourth-order valence-electron chi connectivity index (χ4n) is 2.16. The summed E-state index contributed by atoms with van der Waals surface area (Å²) in [5, 5.41) is 2.81. The van der Waals surface area contributed by atoms with Crippen molar-refractivity contribution in [3.63, 3.8) is 0 Å². The van der Waals surface area contributed by atoms with E-state index in [1.807, 2.05) is 20.9 Å². The van der Waals surface area contributed by atoms with E-state index in [2.05, 4.69) is 5.32 Å². The van der Waals surface area contributed by atoms with Crippen LogP contribution in [0.3, 0.4) is 0 Å². The number of anilines is 1. The van der Waals surface area contributed by atoms with Crippen LogP contribution in [0.1, 0.15) is 13.8 Å². The van der Waals surface area contributed by atoms with Crippen LogP contribution in [0.25, 0.3) is 0 Å². The Bertz CT molecular complexity index is 484. The Morgan fingerprint density at radius 3 is 2.23 bits per heavy atom. The summed E-state index contributed by atoms with van der Waals surface area (Å²) in [7, 11) is 3.44. The summed E-state index contributed by atoms with van der Waals surface area (Å²) in [4.78, 5) is 26.6. The van der Waals surface area contributed by atoms with Crippen molar-refractivity contribution in [1.82, 2.24) is 4.90 Å². The Hall–Kier alpha value is -2.08. The zero-order valence-corrected chi connectivity index (χ0v) is 13.8. The van der Waals surface area contributed by atoms with Crippen LogP contribution in [0, 0.1) is 0 Å². The highest BCUT2D eigenvalue weighted by molar-refractivity contribution is 5.91. The minimum atomic E-state index is -0.116. The molecule has 0 spiro atoms. The average Bonchev–Trinajstić information content (AvgIpc) is 2.48. The van der Waals surface area contributed by atoms with Gasteiger partial charge < -0.3 is 19.9 Å². The molecule has 6 nitrogen and oxygen atoms in total. The third kappa shape index (κ3) is 5.73. The molecule has 6 heteroatoms. The van der Waals surface area contributed by atoms with E-state index in [4.69, 9.17) is 4.74 Å². The number of carbonyl (C=O) groups excluding carboxylic acids is 2. The number of carbonyl (C=O) groups is 2. The molecule has 1 unspecified atom stereocenters. The Labute approximate surface area is 132 Å². The first-order valence-corrected chi connectivity index (χ1v) is 7.53. The van der Waals surface area contributed by atoms with Crippen LogP contribution in [0.5, 0.6) is 5.75 Å². The molecular weight excluding hydrogens is 282 g/mol. The molecule has 0 aliphatic carbocycles. The number of likely N-dealkylation sites (N-methyl/N-ethyl adjacent to an activating group) is 2. The van der Waals surface area contributed by atoms with E-state index in [0.717, 1.165) is 10.6 Å². The average molecular weight is 308 g/mol. The molecule has 1 rings (SSSR count). The molecule has 0 heterocycles. The molecule has 2 N–H and O–H groups in total. The maximum absolute atomic E-state index is 12.0. The van der Waals surface area contributed by atoms with E-state index >= 15 is 0 Å². The summed E-state index contributed by atoms with van der Waals surface area (Å²) in [6.07, 6.45) is 0. The second-order valence-corrected chi connectivity index (χ2v) is 5.15. The smallest absolute Gasteiger partial charge is 0.279 e. The number of amides is 2. The van der Waals surface area contributed by atoms with E-state index < -0.39 is 0 Å². The maximum Gasteiger partial charge on any atom is 0.279 e. The molecule has 0 fully saturated rings. The number of ether oxygens (including phenoxy) is 1. The standard InChI is InChI=1S/C16H25N3O3/c1-5-19(6-2)16(21)12-18(3)11-15(20)17-13-7-9-14(22-4)10-8-13/h7-10H,5-6,11-12H2,1-4H3,(H,17,20)/p+1. The van der Waals surface area contributed by atoms with E-state index in [1.54, 1.807) is 36.3 Å². The van der Waals surface area contributed by atoms with Gasteiger partial charge in [0.1, 0.15) is 5.75 Å². The van der Waals surface area contributed by atoms with Crippen LogP contribution < -0.4 is 15.0 Å². The molecule has 0 saturated carbocycles. The van der Waals surface area contributed by atoms with Gasteiger partial charge in [0.15, 0.2) is 13.1 Å². The quantitative estimate of drug-likeness (QED) is 0.711. The molecule has 0 aliphatic heterocycles. The highest BCUT2D eigenvalue weighted by Gasteiger charge is 2.17. The summed E-state index contributed by atoms with van der Waals surface area (Å²) in [6, 6.07) is 7.15. The molecular formula is C16H26N3O3+. The van der Waals surface area contributed by atoms with Crippen molar-refractivity contribution < 1.29 is 19.2 Å². The Morgan fingerprint density at radius 2 is 1.73 bits per heavy atom. The van der Waals surface area contributed by atoms with Gasteiger partial charge >= 0.3 is 0 Å². The lowest BCUT2D eigenvalue weighted by molar-refractivity contribution is -0.862. The van der Waals surface area contributed by atoms with Crippen LogP contribution in [0.4, 0.5) is 5.69 Å². The van der Waals surface area contributed by atoms with Gasteiger partial charge in [-0.05, 0) is 38.1 Å². The van der Waals surface area contributed by atoms with Gasteiger partial charge in [0, 0.05) is 18.8 Å². The predicted molar refractivity (Wildman–Crippen MR) is 86.2 cm³/mol. The number of hydrogen-bond donors (Lipinski definition) is 2. The van der Waals surface area contributed by atoms with Gasteiger partial charge in [-0.2, -0.15) is 0 Å². The second kappa shape index (κ2) is 9.04. The summed E-state index contributed by atoms with van der Waals surface area (Å²) >= 11 is 0. The highest BCUT2D eigenvalue weighted by Crippen LogP contribution is 2.14. The Balaban J connectivity index is 2.44. The van der Waals surface area contributed by atoms with Gasteiger partial charge in [-0.1, -0.05) is 0 Å². The van der Waals surface area contributed by atoms with Crippen LogP contribution >= 0.6 is 0 Å². The number of nitrogens with zero attached hydrogens (tertiary/aromatic N) is 1. The van der Waals surface area contributed by atoms with Gasteiger partial charge in [-0.15, -0.1) is 0 Å². The van der Waals surface area contributed by atoms with E-state index in [9.17, 15) is 9.59 Å². The number of methoxy groups -OCH3 is 1. The third-order valence-corrected chi connectivity index (χ3v) is 3.41. The van der Waals surface area contributed by atoms with E-state index in [1.165, 1.54) is 0 Å². The van der Waals surface area contributed by atoms with Crippen molar-refractivity contribution in [2.45, 2.75) is 13.8 Å². The molecule has 0 saturated heterocycles. The van der Waals surface area contributed by atoms with Gasteiger partial charge in [-0.25, -0.2) is 0 Å². The van der Waals surface area contributed by atoms with Crippen LogP contribution in [-0.4, -0.2) is 57.1 Å².